The molecule has 0 spiro atoms. The molecule has 0 N–H and O–H groups in total. The monoisotopic (exact) mass is 276 g/mol. The first kappa shape index (κ1) is 16.7. The average Bonchev–Trinajstić information content (AvgIpc) is 2.45. The van der Waals surface area contributed by atoms with E-state index < -0.39 is 0 Å². The van der Waals surface area contributed by atoms with Crippen molar-refractivity contribution in [3.8, 4) is 0 Å². The molecule has 0 aliphatic carbocycles. The van der Waals surface area contributed by atoms with Gasteiger partial charge in [0.05, 0.1) is 6.61 Å². The topological polar surface area (TPSA) is 26.3 Å². The van der Waals surface area contributed by atoms with Crippen LogP contribution in [0.15, 0.2) is 24.3 Å². The van der Waals surface area contributed by atoms with Gasteiger partial charge in [0.1, 0.15) is 0 Å². The summed E-state index contributed by atoms with van der Waals surface area (Å²) in [5.41, 5.74) is 2.86. The lowest BCUT2D eigenvalue weighted by Gasteiger charge is -2.04. The van der Waals surface area contributed by atoms with E-state index >= 15 is 0 Å². The highest BCUT2D eigenvalue weighted by molar-refractivity contribution is 5.69. The van der Waals surface area contributed by atoms with Gasteiger partial charge in [-0.3, -0.25) is 4.79 Å². The van der Waals surface area contributed by atoms with E-state index in [4.69, 9.17) is 4.74 Å². The fourth-order valence-electron chi connectivity index (χ4n) is 2.35. The second-order valence-electron chi connectivity index (χ2n) is 5.29. The number of esters is 1. The van der Waals surface area contributed by atoms with E-state index in [0.717, 1.165) is 19.3 Å². The molecule has 0 aromatic heterocycles. The molecule has 0 radical (unpaired) electrons. The molecule has 0 saturated carbocycles. The highest BCUT2D eigenvalue weighted by Gasteiger charge is 2.01. The van der Waals surface area contributed by atoms with Crippen LogP contribution in [-0.4, -0.2) is 12.6 Å². The van der Waals surface area contributed by atoms with Gasteiger partial charge < -0.3 is 4.74 Å². The maximum atomic E-state index is 11.2. The van der Waals surface area contributed by atoms with E-state index in [2.05, 4.69) is 31.2 Å². The van der Waals surface area contributed by atoms with Crippen molar-refractivity contribution in [1.82, 2.24) is 0 Å². The summed E-state index contributed by atoms with van der Waals surface area (Å²) < 4.78 is 4.91. The third-order valence-electron chi connectivity index (χ3n) is 3.46. The molecule has 0 unspecified atom stereocenters. The number of benzene rings is 1. The number of hydrogen-bond acceptors (Lipinski definition) is 2. The molecule has 0 fully saturated rings. The predicted octanol–water partition coefficient (Wildman–Crippen LogP) is 4.70. The molecule has 1 aromatic rings. The Kier molecular flexibility index (Phi) is 8.77. The first-order valence-corrected chi connectivity index (χ1v) is 7.99. The molecule has 20 heavy (non-hydrogen) atoms. The molecular formula is C18H28O2. The Hall–Kier alpha value is -1.31. The van der Waals surface area contributed by atoms with Crippen LogP contribution in [0.2, 0.25) is 0 Å². The maximum Gasteiger partial charge on any atom is 0.305 e. The van der Waals surface area contributed by atoms with E-state index in [0.29, 0.717) is 13.0 Å². The van der Waals surface area contributed by atoms with Crippen molar-refractivity contribution < 1.29 is 9.53 Å². The number of aryl methyl sites for hydroxylation is 2. The first-order chi connectivity index (χ1) is 9.76. The van der Waals surface area contributed by atoms with Crippen LogP contribution in [0.4, 0.5) is 0 Å². The number of ether oxygens (including phenoxy) is 1. The van der Waals surface area contributed by atoms with Crippen molar-refractivity contribution >= 4 is 5.97 Å². The van der Waals surface area contributed by atoms with E-state index in [1.807, 2.05) is 6.92 Å². The van der Waals surface area contributed by atoms with Crippen LogP contribution < -0.4 is 0 Å². The fraction of sp³-hybridized carbons (Fsp3) is 0.611. The lowest BCUT2D eigenvalue weighted by atomic mass is 10.0. The van der Waals surface area contributed by atoms with Crippen LogP contribution in [0.3, 0.4) is 0 Å². The molecule has 0 atom stereocenters. The summed E-state index contributed by atoms with van der Waals surface area (Å²) in [5.74, 6) is -0.0565. The highest BCUT2D eigenvalue weighted by atomic mass is 16.5. The van der Waals surface area contributed by atoms with Crippen LogP contribution in [-0.2, 0) is 22.4 Å². The van der Waals surface area contributed by atoms with Gasteiger partial charge in [0.2, 0.25) is 0 Å². The molecule has 0 amide bonds. The second kappa shape index (κ2) is 10.5. The standard InChI is InChI=1S/C18H28O2/c1-3-9-16-12-14-17(15-13-16)10-7-5-6-8-11-18(19)20-4-2/h12-15H,3-11H2,1-2H3. The Morgan fingerprint density at radius 2 is 1.50 bits per heavy atom. The normalized spacial score (nSPS) is 10.5. The molecule has 2 heteroatoms. The Morgan fingerprint density at radius 3 is 2.10 bits per heavy atom. The van der Waals surface area contributed by atoms with Crippen LogP contribution >= 0.6 is 0 Å². The van der Waals surface area contributed by atoms with E-state index in [1.165, 1.54) is 36.8 Å². The molecule has 1 aromatic carbocycles. The SMILES string of the molecule is CCCc1ccc(CCCCCCC(=O)OCC)cc1. The van der Waals surface area contributed by atoms with Crippen LogP contribution in [0, 0.1) is 0 Å². The minimum Gasteiger partial charge on any atom is -0.466 e. The fourth-order valence-corrected chi connectivity index (χ4v) is 2.35. The second-order valence-corrected chi connectivity index (χ2v) is 5.29. The molecule has 0 heterocycles. The quantitative estimate of drug-likeness (QED) is 0.457. The summed E-state index contributed by atoms with van der Waals surface area (Å²) in [7, 11) is 0. The third-order valence-corrected chi connectivity index (χ3v) is 3.46. The van der Waals surface area contributed by atoms with Gasteiger partial charge in [-0.15, -0.1) is 0 Å². The Morgan fingerprint density at radius 1 is 0.900 bits per heavy atom. The lowest BCUT2D eigenvalue weighted by Crippen LogP contribution is -2.03. The van der Waals surface area contributed by atoms with Crippen molar-refractivity contribution in [2.24, 2.45) is 0 Å². The summed E-state index contributed by atoms with van der Waals surface area (Å²) in [5, 5.41) is 0. The number of rotatable bonds is 10. The maximum absolute atomic E-state index is 11.2. The highest BCUT2D eigenvalue weighted by Crippen LogP contribution is 2.11. The lowest BCUT2D eigenvalue weighted by molar-refractivity contribution is -0.143. The molecule has 0 aliphatic rings. The van der Waals surface area contributed by atoms with Gasteiger partial charge in [-0.2, -0.15) is 0 Å². The van der Waals surface area contributed by atoms with Gasteiger partial charge in [-0.25, -0.2) is 0 Å². The number of hydrogen-bond donors (Lipinski definition) is 0. The molecule has 1 rings (SSSR count). The van der Waals surface area contributed by atoms with Crippen molar-refractivity contribution in [1.29, 1.82) is 0 Å². The van der Waals surface area contributed by atoms with Gasteiger partial charge in [0, 0.05) is 6.42 Å². The zero-order valence-corrected chi connectivity index (χ0v) is 13.0. The Labute approximate surface area is 123 Å². The number of carbonyl (C=O) groups excluding carboxylic acids is 1. The van der Waals surface area contributed by atoms with E-state index in [9.17, 15) is 4.79 Å². The molecular weight excluding hydrogens is 248 g/mol. The summed E-state index contributed by atoms with van der Waals surface area (Å²) in [4.78, 5) is 11.2. The molecule has 0 saturated heterocycles. The van der Waals surface area contributed by atoms with Crippen molar-refractivity contribution in [3.05, 3.63) is 35.4 Å². The van der Waals surface area contributed by atoms with Crippen molar-refractivity contribution in [3.63, 3.8) is 0 Å². The van der Waals surface area contributed by atoms with Gasteiger partial charge in [-0.1, -0.05) is 50.5 Å². The van der Waals surface area contributed by atoms with Gasteiger partial charge in [0.25, 0.3) is 0 Å². The Bertz CT molecular complexity index is 368. The summed E-state index contributed by atoms with van der Waals surface area (Å²) in [6.45, 7) is 4.56. The van der Waals surface area contributed by atoms with E-state index in [-0.39, 0.29) is 5.97 Å². The predicted molar refractivity (Wildman–Crippen MR) is 83.9 cm³/mol. The molecule has 0 aliphatic heterocycles. The van der Waals surface area contributed by atoms with Crippen LogP contribution in [0.25, 0.3) is 0 Å². The summed E-state index contributed by atoms with van der Waals surface area (Å²) in [6.07, 6.45) is 8.56. The van der Waals surface area contributed by atoms with Crippen molar-refractivity contribution in [2.75, 3.05) is 6.61 Å². The van der Waals surface area contributed by atoms with Gasteiger partial charge in [0.15, 0.2) is 0 Å². The minimum atomic E-state index is -0.0565. The number of unbranched alkanes of at least 4 members (excludes halogenated alkanes) is 3. The third kappa shape index (κ3) is 7.32. The number of carbonyl (C=O) groups is 1. The van der Waals surface area contributed by atoms with Crippen LogP contribution in [0.1, 0.15) is 63.5 Å². The largest absolute Gasteiger partial charge is 0.466 e. The molecule has 2 nitrogen and oxygen atoms in total. The Balaban J connectivity index is 2.07. The zero-order chi connectivity index (χ0) is 14.6. The van der Waals surface area contributed by atoms with Crippen LogP contribution in [0.5, 0.6) is 0 Å². The smallest absolute Gasteiger partial charge is 0.305 e. The zero-order valence-electron chi connectivity index (χ0n) is 13.0. The van der Waals surface area contributed by atoms with Gasteiger partial charge in [-0.05, 0) is 43.7 Å². The molecule has 112 valence electrons. The average molecular weight is 276 g/mol. The summed E-state index contributed by atoms with van der Waals surface area (Å²) >= 11 is 0. The minimum absolute atomic E-state index is 0.0565. The van der Waals surface area contributed by atoms with Gasteiger partial charge >= 0.3 is 5.97 Å². The first-order valence-electron chi connectivity index (χ1n) is 7.99. The van der Waals surface area contributed by atoms with E-state index in [1.54, 1.807) is 0 Å². The summed E-state index contributed by atoms with van der Waals surface area (Å²) in [6, 6.07) is 9.01. The van der Waals surface area contributed by atoms with Crippen molar-refractivity contribution in [2.45, 2.75) is 65.2 Å². The molecule has 0 bridgehead atoms.